The van der Waals surface area contributed by atoms with E-state index in [2.05, 4.69) is 10.1 Å². The van der Waals surface area contributed by atoms with E-state index in [0.717, 1.165) is 12.5 Å². The second kappa shape index (κ2) is 10.3. The number of hydrogen-bond donors (Lipinski definition) is 2. The van der Waals surface area contributed by atoms with Crippen molar-refractivity contribution in [2.24, 2.45) is 5.73 Å². The van der Waals surface area contributed by atoms with Crippen LogP contribution in [0.25, 0.3) is 0 Å². The summed E-state index contributed by atoms with van der Waals surface area (Å²) in [5.41, 5.74) is 5.65. The molecule has 1 amide bonds. The first-order valence-electron chi connectivity index (χ1n) is 10.4. The Morgan fingerprint density at radius 3 is 2.64 bits per heavy atom. The van der Waals surface area contributed by atoms with Gasteiger partial charge in [0, 0.05) is 25.1 Å². The molecule has 33 heavy (non-hydrogen) atoms. The van der Waals surface area contributed by atoms with Crippen molar-refractivity contribution in [2.75, 3.05) is 19.8 Å². The highest BCUT2D eigenvalue weighted by Gasteiger charge is 2.42. The average Bonchev–Trinajstić information content (AvgIpc) is 3.40. The number of amides is 1. The van der Waals surface area contributed by atoms with Gasteiger partial charge in [-0.1, -0.05) is 5.16 Å². The van der Waals surface area contributed by atoms with Crippen LogP contribution in [0.5, 0.6) is 0 Å². The van der Waals surface area contributed by atoms with Gasteiger partial charge in [-0.3, -0.25) is 9.59 Å². The van der Waals surface area contributed by atoms with E-state index in [1.807, 2.05) is 6.92 Å². The Labute approximate surface area is 187 Å². The summed E-state index contributed by atoms with van der Waals surface area (Å²) in [4.78, 5) is 27.3. The number of ether oxygens (including phenoxy) is 1. The van der Waals surface area contributed by atoms with Crippen LogP contribution in [0.15, 0.2) is 16.7 Å². The summed E-state index contributed by atoms with van der Waals surface area (Å²) in [5.74, 6) is -2.58. The zero-order valence-corrected chi connectivity index (χ0v) is 18.0. The number of likely N-dealkylation sites (tertiary alicyclic amines) is 1. The highest BCUT2D eigenvalue weighted by Crippen LogP contribution is 2.35. The van der Waals surface area contributed by atoms with E-state index < -0.39 is 23.5 Å². The molecule has 3 N–H and O–H groups in total. The molecule has 2 unspecified atom stereocenters. The maximum Gasteiger partial charge on any atom is 0.290 e. The normalized spacial score (nSPS) is 19.9. The van der Waals surface area contributed by atoms with Crippen LogP contribution in [0.4, 0.5) is 13.2 Å². The quantitative estimate of drug-likeness (QED) is 0.485. The number of aromatic nitrogens is 2. The molecule has 0 saturated carbocycles. The van der Waals surface area contributed by atoms with E-state index in [-0.39, 0.29) is 42.2 Å². The molecule has 4 rings (SSSR count). The molecule has 1 aromatic carbocycles. The number of nitrogens with zero attached hydrogens (tertiary/aromatic N) is 3. The summed E-state index contributed by atoms with van der Waals surface area (Å²) in [6.45, 7) is 3.27. The van der Waals surface area contributed by atoms with Crippen LogP contribution in [0.2, 0.25) is 0 Å². The lowest BCUT2D eigenvalue weighted by molar-refractivity contribution is -0.132. The number of carbonyl (C=O) groups is 2. The first-order valence-corrected chi connectivity index (χ1v) is 10.4. The molecule has 0 aliphatic carbocycles. The Hall–Kier alpha value is -2.99. The third-order valence-electron chi connectivity index (χ3n) is 5.68. The minimum absolute atomic E-state index is 0.0639. The van der Waals surface area contributed by atoms with Crippen molar-refractivity contribution >= 4 is 12.4 Å². The van der Waals surface area contributed by atoms with Crippen LogP contribution < -0.4 is 5.73 Å². The number of hydrogen-bond acceptors (Lipinski definition) is 7. The molecular formula is C21H25F3N4O5. The number of benzene rings is 1. The van der Waals surface area contributed by atoms with Crippen molar-refractivity contribution in [3.8, 4) is 0 Å². The van der Waals surface area contributed by atoms with E-state index in [4.69, 9.17) is 24.9 Å². The Morgan fingerprint density at radius 1 is 1.33 bits per heavy atom. The fourth-order valence-corrected chi connectivity index (χ4v) is 3.90. The molecule has 0 bridgehead atoms. The predicted octanol–water partition coefficient (Wildman–Crippen LogP) is 2.10. The highest BCUT2D eigenvalue weighted by atomic mass is 19.2. The van der Waals surface area contributed by atoms with Gasteiger partial charge in [0.05, 0.1) is 24.7 Å². The Bertz CT molecular complexity index is 998. The monoisotopic (exact) mass is 470 g/mol. The number of carbonyl (C=O) groups excluding carboxylic acids is 1. The van der Waals surface area contributed by atoms with Gasteiger partial charge in [0.2, 0.25) is 11.8 Å². The van der Waals surface area contributed by atoms with Crippen LogP contribution in [0.1, 0.15) is 49.5 Å². The molecule has 12 heteroatoms. The zero-order valence-electron chi connectivity index (χ0n) is 18.0. The summed E-state index contributed by atoms with van der Waals surface area (Å²) in [6, 6.07) is 0.202. The first-order chi connectivity index (χ1) is 15.7. The minimum Gasteiger partial charge on any atom is -0.483 e. The SMILES string of the molecule is CC1(c2nc(C3CCCN3C(=O)CC(N)Cc3cc(F)c(F)cc3F)no2)COC1.O=CO. The molecule has 2 fully saturated rings. The van der Waals surface area contributed by atoms with E-state index >= 15 is 0 Å². The summed E-state index contributed by atoms with van der Waals surface area (Å²) < 4.78 is 50.9. The summed E-state index contributed by atoms with van der Waals surface area (Å²) in [5, 5.41) is 11.0. The van der Waals surface area contributed by atoms with Gasteiger partial charge in [-0.25, -0.2) is 13.2 Å². The molecule has 2 aliphatic heterocycles. The predicted molar refractivity (Wildman–Crippen MR) is 107 cm³/mol. The largest absolute Gasteiger partial charge is 0.483 e. The molecule has 2 aromatic rings. The van der Waals surface area contributed by atoms with Gasteiger partial charge in [-0.2, -0.15) is 4.98 Å². The lowest BCUT2D eigenvalue weighted by Gasteiger charge is -2.34. The summed E-state index contributed by atoms with van der Waals surface area (Å²) in [7, 11) is 0. The Kier molecular flexibility index (Phi) is 7.69. The van der Waals surface area contributed by atoms with Crippen molar-refractivity contribution in [1.29, 1.82) is 0 Å². The van der Waals surface area contributed by atoms with E-state index in [0.29, 0.717) is 44.0 Å². The van der Waals surface area contributed by atoms with Gasteiger partial charge in [0.15, 0.2) is 17.5 Å². The van der Waals surface area contributed by atoms with Crippen molar-refractivity contribution in [1.82, 2.24) is 15.0 Å². The Morgan fingerprint density at radius 2 is 2.00 bits per heavy atom. The van der Waals surface area contributed by atoms with Crippen molar-refractivity contribution < 1.29 is 37.1 Å². The van der Waals surface area contributed by atoms with Crippen LogP contribution in [-0.4, -0.2) is 58.3 Å². The number of nitrogens with two attached hydrogens (primary N) is 1. The molecule has 3 heterocycles. The third kappa shape index (κ3) is 5.50. The zero-order chi connectivity index (χ0) is 24.2. The van der Waals surface area contributed by atoms with Crippen LogP contribution in [0.3, 0.4) is 0 Å². The average molecular weight is 470 g/mol. The maximum atomic E-state index is 13.9. The third-order valence-corrected chi connectivity index (χ3v) is 5.68. The molecule has 2 saturated heterocycles. The topological polar surface area (TPSA) is 132 Å². The van der Waals surface area contributed by atoms with Crippen LogP contribution >= 0.6 is 0 Å². The Balaban J connectivity index is 0.000000968. The smallest absolute Gasteiger partial charge is 0.290 e. The molecular weight excluding hydrogens is 445 g/mol. The molecule has 180 valence electrons. The van der Waals surface area contributed by atoms with Gasteiger partial charge in [-0.05, 0) is 37.8 Å². The number of rotatable bonds is 6. The summed E-state index contributed by atoms with van der Waals surface area (Å²) >= 11 is 0. The van der Waals surface area contributed by atoms with Crippen molar-refractivity contribution in [2.45, 2.75) is 50.1 Å². The van der Waals surface area contributed by atoms with Gasteiger partial charge < -0.3 is 25.0 Å². The van der Waals surface area contributed by atoms with Crippen molar-refractivity contribution in [3.63, 3.8) is 0 Å². The molecule has 1 aromatic heterocycles. The second-order valence-electron chi connectivity index (χ2n) is 8.39. The van der Waals surface area contributed by atoms with E-state index in [1.165, 1.54) is 0 Å². The second-order valence-corrected chi connectivity index (χ2v) is 8.39. The van der Waals surface area contributed by atoms with Gasteiger partial charge in [0.25, 0.3) is 6.47 Å². The lowest BCUT2D eigenvalue weighted by atomic mass is 9.89. The molecule has 2 aliphatic rings. The van der Waals surface area contributed by atoms with Gasteiger partial charge >= 0.3 is 0 Å². The van der Waals surface area contributed by atoms with E-state index in [1.54, 1.807) is 4.90 Å². The highest BCUT2D eigenvalue weighted by molar-refractivity contribution is 5.77. The molecule has 2 atom stereocenters. The molecule has 9 nitrogen and oxygen atoms in total. The molecule has 0 radical (unpaired) electrons. The first kappa shape index (κ1) is 24.6. The maximum absolute atomic E-state index is 13.9. The lowest BCUT2D eigenvalue weighted by Crippen LogP contribution is -2.44. The van der Waals surface area contributed by atoms with Crippen molar-refractivity contribution in [3.05, 3.63) is 46.9 Å². The van der Waals surface area contributed by atoms with Gasteiger partial charge in [-0.15, -0.1) is 0 Å². The fourth-order valence-electron chi connectivity index (χ4n) is 3.90. The summed E-state index contributed by atoms with van der Waals surface area (Å²) in [6.07, 6.45) is 1.34. The minimum atomic E-state index is -1.26. The number of halogens is 3. The molecule has 0 spiro atoms. The van der Waals surface area contributed by atoms with Crippen LogP contribution in [0, 0.1) is 17.5 Å². The van der Waals surface area contributed by atoms with E-state index in [9.17, 15) is 18.0 Å². The van der Waals surface area contributed by atoms with Gasteiger partial charge in [0.1, 0.15) is 5.82 Å². The van der Waals surface area contributed by atoms with Crippen LogP contribution in [-0.2, 0) is 26.2 Å². The number of carboxylic acid groups (broad SMARTS) is 1. The standard InChI is InChI=1S/C20H23F3N4O3.CH2O2/c1-20(9-29-10-20)19-25-18(26-30-19)16-3-2-4-27(16)17(28)7-12(24)5-11-6-14(22)15(23)8-13(11)21;2-1-3/h6,8,12,16H,2-5,7,9-10,24H2,1H3;1H,(H,2,3). The fraction of sp³-hybridized carbons (Fsp3) is 0.524.